The molecule has 134 valence electrons. The number of rotatable bonds is 6. The van der Waals surface area contributed by atoms with Gasteiger partial charge < -0.3 is 19.7 Å². The molecule has 0 atom stereocenters. The molecule has 2 heterocycles. The fraction of sp³-hybridized carbons (Fsp3) is 0.471. The van der Waals surface area contributed by atoms with Gasteiger partial charge in [-0.25, -0.2) is 4.79 Å². The summed E-state index contributed by atoms with van der Waals surface area (Å²) in [6.07, 6.45) is 0.895. The lowest BCUT2D eigenvalue weighted by Gasteiger charge is -2.42. The molecule has 2 saturated heterocycles. The molecule has 0 radical (unpaired) electrons. The number of nitrogens with one attached hydrogen (secondary N) is 1. The number of hydrogen-bond donors (Lipinski definition) is 1. The number of aryl methyl sites for hydroxylation is 1. The maximum Gasteiger partial charge on any atom is 0.324 e. The van der Waals surface area contributed by atoms with E-state index in [2.05, 4.69) is 5.32 Å². The van der Waals surface area contributed by atoms with Gasteiger partial charge in [-0.15, -0.1) is 0 Å². The van der Waals surface area contributed by atoms with E-state index in [9.17, 15) is 14.4 Å². The molecule has 4 amide bonds. The normalized spacial score (nSPS) is 17.4. The Morgan fingerprint density at radius 1 is 1.24 bits per heavy atom. The number of imide groups is 1. The standard InChI is InChI=1S/C17H21N3O5/c1-24-13-5-3-11(14(7-13)25-2)4-6-15(21)19-9-12(10-19)20-16(22)8-18-17(20)23/h3,5,7,12H,4,6,8-10H2,1-2H3,(H,18,23). The van der Waals surface area contributed by atoms with E-state index in [-0.39, 0.29) is 30.4 Å². The summed E-state index contributed by atoms with van der Waals surface area (Å²) in [6, 6.07) is 4.92. The number of likely N-dealkylation sites (tertiary alicyclic amines) is 1. The van der Waals surface area contributed by atoms with Crippen LogP contribution in [0.3, 0.4) is 0 Å². The van der Waals surface area contributed by atoms with Crippen molar-refractivity contribution < 1.29 is 23.9 Å². The minimum atomic E-state index is -0.370. The maximum atomic E-state index is 12.3. The summed E-state index contributed by atoms with van der Waals surface area (Å²) in [5, 5.41) is 2.49. The average Bonchev–Trinajstić information content (AvgIpc) is 2.91. The van der Waals surface area contributed by atoms with Crippen molar-refractivity contribution in [1.82, 2.24) is 15.1 Å². The number of amides is 4. The molecule has 0 aliphatic carbocycles. The zero-order valence-corrected chi connectivity index (χ0v) is 14.3. The molecule has 2 aliphatic heterocycles. The van der Waals surface area contributed by atoms with Crippen LogP contribution in [0.4, 0.5) is 4.79 Å². The van der Waals surface area contributed by atoms with Crippen LogP contribution in [-0.2, 0) is 16.0 Å². The Labute approximate surface area is 145 Å². The Bertz CT molecular complexity index is 684. The number of hydrogen-bond acceptors (Lipinski definition) is 5. The van der Waals surface area contributed by atoms with Gasteiger partial charge in [0.2, 0.25) is 11.8 Å². The van der Waals surface area contributed by atoms with Gasteiger partial charge in [0, 0.05) is 25.6 Å². The van der Waals surface area contributed by atoms with Crippen LogP contribution in [-0.4, -0.2) is 67.5 Å². The highest BCUT2D eigenvalue weighted by Gasteiger charge is 2.42. The molecule has 2 aliphatic rings. The second-order valence-corrected chi connectivity index (χ2v) is 6.05. The smallest absolute Gasteiger partial charge is 0.324 e. The van der Waals surface area contributed by atoms with Gasteiger partial charge in [-0.1, -0.05) is 6.07 Å². The van der Waals surface area contributed by atoms with Gasteiger partial charge in [0.25, 0.3) is 0 Å². The van der Waals surface area contributed by atoms with E-state index in [0.717, 1.165) is 5.56 Å². The third-order valence-electron chi connectivity index (χ3n) is 4.56. The summed E-state index contributed by atoms with van der Waals surface area (Å²) < 4.78 is 10.5. The average molecular weight is 347 g/mol. The number of nitrogens with zero attached hydrogens (tertiary/aromatic N) is 2. The van der Waals surface area contributed by atoms with Crippen LogP contribution in [0.25, 0.3) is 0 Å². The first-order valence-electron chi connectivity index (χ1n) is 8.12. The molecule has 0 bridgehead atoms. The molecule has 0 unspecified atom stereocenters. The van der Waals surface area contributed by atoms with Crippen LogP contribution in [0, 0.1) is 0 Å². The molecule has 1 aromatic rings. The quantitative estimate of drug-likeness (QED) is 0.753. The second kappa shape index (κ2) is 7.00. The first kappa shape index (κ1) is 17.1. The number of benzene rings is 1. The summed E-state index contributed by atoms with van der Waals surface area (Å²) in [6.45, 7) is 0.843. The summed E-state index contributed by atoms with van der Waals surface area (Å²) in [5.74, 6) is 1.16. The topological polar surface area (TPSA) is 88.2 Å². The van der Waals surface area contributed by atoms with Gasteiger partial charge in [-0.05, 0) is 18.1 Å². The largest absolute Gasteiger partial charge is 0.497 e. The molecule has 1 N–H and O–H groups in total. The molecule has 0 aromatic heterocycles. The Morgan fingerprint density at radius 3 is 2.60 bits per heavy atom. The molecule has 1 aromatic carbocycles. The van der Waals surface area contributed by atoms with E-state index < -0.39 is 0 Å². The highest BCUT2D eigenvalue weighted by Crippen LogP contribution is 2.26. The zero-order valence-electron chi connectivity index (χ0n) is 14.3. The van der Waals surface area contributed by atoms with Gasteiger partial charge >= 0.3 is 6.03 Å². The number of carbonyl (C=O) groups excluding carboxylic acids is 3. The number of carbonyl (C=O) groups is 3. The molecule has 0 saturated carbocycles. The van der Waals surface area contributed by atoms with E-state index >= 15 is 0 Å². The lowest BCUT2D eigenvalue weighted by molar-refractivity contribution is -0.142. The van der Waals surface area contributed by atoms with E-state index in [4.69, 9.17) is 9.47 Å². The zero-order chi connectivity index (χ0) is 18.0. The predicted octanol–water partition coefficient (Wildman–Crippen LogP) is 0.399. The van der Waals surface area contributed by atoms with Crippen molar-refractivity contribution in [1.29, 1.82) is 0 Å². The number of ether oxygens (including phenoxy) is 2. The van der Waals surface area contributed by atoms with Gasteiger partial charge in [-0.3, -0.25) is 14.5 Å². The number of methoxy groups -OCH3 is 2. The van der Waals surface area contributed by atoms with Gasteiger partial charge in [0.05, 0.1) is 26.8 Å². The fourth-order valence-electron chi connectivity index (χ4n) is 3.08. The Kier molecular flexibility index (Phi) is 4.78. The van der Waals surface area contributed by atoms with E-state index in [1.165, 1.54) is 4.90 Å². The molecule has 3 rings (SSSR count). The first-order valence-corrected chi connectivity index (χ1v) is 8.12. The third kappa shape index (κ3) is 3.38. The minimum Gasteiger partial charge on any atom is -0.497 e. The lowest BCUT2D eigenvalue weighted by atomic mass is 10.0. The van der Waals surface area contributed by atoms with Gasteiger partial charge in [-0.2, -0.15) is 0 Å². The van der Waals surface area contributed by atoms with Crippen LogP contribution < -0.4 is 14.8 Å². The maximum absolute atomic E-state index is 12.3. The third-order valence-corrected chi connectivity index (χ3v) is 4.56. The van der Waals surface area contributed by atoms with Crippen LogP contribution >= 0.6 is 0 Å². The van der Waals surface area contributed by atoms with E-state index in [1.54, 1.807) is 25.2 Å². The Balaban J connectivity index is 1.51. The molecule has 8 nitrogen and oxygen atoms in total. The van der Waals surface area contributed by atoms with Crippen molar-refractivity contribution in [2.24, 2.45) is 0 Å². The van der Waals surface area contributed by atoms with Crippen molar-refractivity contribution >= 4 is 17.8 Å². The highest BCUT2D eigenvalue weighted by atomic mass is 16.5. The Hall–Kier alpha value is -2.77. The van der Waals surface area contributed by atoms with Crippen molar-refractivity contribution in [2.75, 3.05) is 33.9 Å². The number of urea groups is 1. The van der Waals surface area contributed by atoms with Crippen molar-refractivity contribution in [3.8, 4) is 11.5 Å². The van der Waals surface area contributed by atoms with E-state index in [1.807, 2.05) is 12.1 Å². The monoisotopic (exact) mass is 347 g/mol. The lowest BCUT2D eigenvalue weighted by Crippen LogP contribution is -2.62. The second-order valence-electron chi connectivity index (χ2n) is 6.05. The van der Waals surface area contributed by atoms with Crippen LogP contribution in [0.2, 0.25) is 0 Å². The van der Waals surface area contributed by atoms with Crippen molar-refractivity contribution in [3.05, 3.63) is 23.8 Å². The SMILES string of the molecule is COc1ccc(CCC(=O)N2CC(N3C(=O)CNC3=O)C2)c(OC)c1. The van der Waals surface area contributed by atoms with E-state index in [0.29, 0.717) is 37.4 Å². The van der Waals surface area contributed by atoms with Crippen LogP contribution in [0.15, 0.2) is 18.2 Å². The van der Waals surface area contributed by atoms with Crippen molar-refractivity contribution in [2.45, 2.75) is 18.9 Å². The van der Waals surface area contributed by atoms with Crippen molar-refractivity contribution in [3.63, 3.8) is 0 Å². The van der Waals surface area contributed by atoms with Crippen LogP contribution in [0.5, 0.6) is 11.5 Å². The highest BCUT2D eigenvalue weighted by molar-refractivity contribution is 6.02. The molecule has 0 spiro atoms. The molecular formula is C17H21N3O5. The first-order chi connectivity index (χ1) is 12.0. The summed E-state index contributed by atoms with van der Waals surface area (Å²) in [4.78, 5) is 38.4. The molecule has 25 heavy (non-hydrogen) atoms. The molecule has 2 fully saturated rings. The summed E-state index contributed by atoms with van der Waals surface area (Å²) in [7, 11) is 3.17. The minimum absolute atomic E-state index is 0.00109. The van der Waals surface area contributed by atoms with Gasteiger partial charge in [0.1, 0.15) is 11.5 Å². The summed E-state index contributed by atoms with van der Waals surface area (Å²) >= 11 is 0. The van der Waals surface area contributed by atoms with Gasteiger partial charge in [0.15, 0.2) is 0 Å². The fourth-order valence-corrected chi connectivity index (χ4v) is 3.08. The molecular weight excluding hydrogens is 326 g/mol. The van der Waals surface area contributed by atoms with Crippen LogP contribution in [0.1, 0.15) is 12.0 Å². The molecule has 8 heteroatoms. The summed E-state index contributed by atoms with van der Waals surface area (Å²) in [5.41, 5.74) is 0.933. The Morgan fingerprint density at radius 2 is 2.00 bits per heavy atom. The predicted molar refractivity (Wildman–Crippen MR) is 88.5 cm³/mol.